The second-order valence-electron chi connectivity index (χ2n) is 9.21. The van der Waals surface area contributed by atoms with Crippen LogP contribution in [0.15, 0.2) is 52.2 Å². The quantitative estimate of drug-likeness (QED) is 0.560. The summed E-state index contributed by atoms with van der Waals surface area (Å²) in [7, 11) is 1.67. The first-order chi connectivity index (χ1) is 16.9. The minimum absolute atomic E-state index is 0.0413. The van der Waals surface area contributed by atoms with Crippen molar-refractivity contribution in [1.29, 1.82) is 0 Å². The van der Waals surface area contributed by atoms with Crippen molar-refractivity contribution in [2.75, 3.05) is 11.9 Å². The predicted octanol–water partition coefficient (Wildman–Crippen LogP) is 3.52. The van der Waals surface area contributed by atoms with Crippen LogP contribution in [-0.2, 0) is 22.7 Å². The van der Waals surface area contributed by atoms with Crippen LogP contribution in [0.4, 0.5) is 14.5 Å². The number of nitrogens with zero attached hydrogens (tertiary/aromatic N) is 3. The van der Waals surface area contributed by atoms with E-state index in [1.165, 1.54) is 12.1 Å². The molecule has 1 N–H and O–H groups in total. The van der Waals surface area contributed by atoms with Crippen molar-refractivity contribution in [1.82, 2.24) is 9.13 Å². The van der Waals surface area contributed by atoms with Crippen LogP contribution in [0.1, 0.15) is 46.8 Å². The van der Waals surface area contributed by atoms with E-state index in [9.17, 15) is 33.1 Å². The number of rotatable bonds is 5. The van der Waals surface area contributed by atoms with Gasteiger partial charge < -0.3 is 10.0 Å². The van der Waals surface area contributed by atoms with Crippen molar-refractivity contribution in [3.63, 3.8) is 0 Å². The average molecular weight is 516 g/mol. The molecule has 0 saturated heterocycles. The second-order valence-corrected chi connectivity index (χ2v) is 9.58. The van der Waals surface area contributed by atoms with E-state index >= 15 is 0 Å². The number of likely N-dealkylation sites (N-methyl/N-ethyl adjacent to an activating group) is 1. The molecule has 1 aliphatic heterocycles. The van der Waals surface area contributed by atoms with E-state index in [-0.39, 0.29) is 22.2 Å². The normalized spacial score (nSPS) is 15.9. The number of aromatic nitrogens is 2. The van der Waals surface area contributed by atoms with Crippen molar-refractivity contribution in [3.05, 3.63) is 90.7 Å². The summed E-state index contributed by atoms with van der Waals surface area (Å²) in [5.74, 6) is -4.87. The van der Waals surface area contributed by atoms with E-state index in [0.717, 1.165) is 22.4 Å². The Labute approximate surface area is 208 Å². The molecule has 11 heteroatoms. The molecule has 2 heterocycles. The Bertz CT molecular complexity index is 1580. The molecular weight excluding hydrogens is 496 g/mol. The topological polar surface area (TPSA) is 102 Å². The standard InChI is InChI=1S/C25H20ClF2N3O5/c1-24(27,28)16-5-3-4-13(19(16)26)11-31-20(32)15(21(33)34)12-30(23(31)36)14-6-7-18-17(10-14)25(8-9-25)22(35)29(18)2/h3-7,10,12H,8-9,11H2,1-2H3,(H,33,34). The summed E-state index contributed by atoms with van der Waals surface area (Å²) < 4.78 is 29.6. The zero-order chi connectivity index (χ0) is 26.2. The molecule has 2 aliphatic rings. The molecule has 1 spiro atoms. The lowest BCUT2D eigenvalue weighted by molar-refractivity contribution is -0.119. The van der Waals surface area contributed by atoms with Crippen LogP contribution in [-0.4, -0.2) is 33.2 Å². The highest BCUT2D eigenvalue weighted by molar-refractivity contribution is 6.32. The molecule has 8 nitrogen and oxygen atoms in total. The Hall–Kier alpha value is -3.79. The van der Waals surface area contributed by atoms with Gasteiger partial charge in [0.1, 0.15) is 5.56 Å². The SMILES string of the molecule is CN1C(=O)C2(CC2)c2cc(-n3cc(C(=O)O)c(=O)n(Cc4cccc(C(C)(F)F)c4Cl)c3=O)ccc21. The van der Waals surface area contributed by atoms with E-state index in [1.54, 1.807) is 30.1 Å². The molecule has 0 bridgehead atoms. The number of alkyl halides is 2. The lowest BCUT2D eigenvalue weighted by Gasteiger charge is -2.17. The molecule has 0 unspecified atom stereocenters. The number of carboxylic acid groups (broad SMARTS) is 1. The van der Waals surface area contributed by atoms with Crippen LogP contribution in [0.3, 0.4) is 0 Å². The molecule has 1 amide bonds. The van der Waals surface area contributed by atoms with E-state index in [4.69, 9.17) is 11.6 Å². The first-order valence-corrected chi connectivity index (χ1v) is 11.4. The number of carbonyl (C=O) groups excluding carboxylic acids is 1. The van der Waals surface area contributed by atoms with Crippen molar-refractivity contribution in [3.8, 4) is 5.69 Å². The number of hydrogen-bond acceptors (Lipinski definition) is 4. The number of fused-ring (bicyclic) bond motifs is 2. The van der Waals surface area contributed by atoms with Gasteiger partial charge in [-0.3, -0.25) is 18.7 Å². The summed E-state index contributed by atoms with van der Waals surface area (Å²) in [6.07, 6.45) is 2.26. The molecule has 1 aliphatic carbocycles. The maximum absolute atomic E-state index is 14.0. The van der Waals surface area contributed by atoms with Gasteiger partial charge in [0, 0.05) is 31.4 Å². The van der Waals surface area contributed by atoms with Crippen molar-refractivity contribution < 1.29 is 23.5 Å². The monoisotopic (exact) mass is 515 g/mol. The third-order valence-electron chi connectivity index (χ3n) is 6.88. The number of halogens is 3. The fourth-order valence-corrected chi connectivity index (χ4v) is 5.14. The number of carboxylic acids is 1. The van der Waals surface area contributed by atoms with Crippen LogP contribution in [0, 0.1) is 0 Å². The van der Waals surface area contributed by atoms with Gasteiger partial charge in [0.2, 0.25) is 5.91 Å². The number of benzene rings is 2. The summed E-state index contributed by atoms with van der Waals surface area (Å²) in [4.78, 5) is 52.5. The smallest absolute Gasteiger partial charge is 0.342 e. The van der Waals surface area contributed by atoms with Gasteiger partial charge in [-0.05, 0) is 42.2 Å². The fourth-order valence-electron chi connectivity index (χ4n) is 4.79. The molecule has 1 aromatic heterocycles. The van der Waals surface area contributed by atoms with Crippen molar-refractivity contribution in [2.24, 2.45) is 0 Å². The molecule has 3 aromatic rings. The third-order valence-corrected chi connectivity index (χ3v) is 7.33. The van der Waals surface area contributed by atoms with Gasteiger partial charge >= 0.3 is 11.7 Å². The Morgan fingerprint density at radius 3 is 2.47 bits per heavy atom. The third kappa shape index (κ3) is 3.47. The second kappa shape index (κ2) is 7.86. The summed E-state index contributed by atoms with van der Waals surface area (Å²) in [6.45, 7) is 0.155. The Balaban J connectivity index is 1.68. The zero-order valence-electron chi connectivity index (χ0n) is 19.2. The van der Waals surface area contributed by atoms with Crippen LogP contribution in [0.2, 0.25) is 5.02 Å². The molecule has 186 valence electrons. The van der Waals surface area contributed by atoms with E-state index in [1.807, 2.05) is 0 Å². The Kier molecular flexibility index (Phi) is 5.22. The van der Waals surface area contributed by atoms with Crippen molar-refractivity contribution in [2.45, 2.75) is 37.6 Å². The zero-order valence-corrected chi connectivity index (χ0v) is 20.0. The molecule has 0 radical (unpaired) electrons. The molecule has 2 aromatic carbocycles. The molecule has 0 atom stereocenters. The lowest BCUT2D eigenvalue weighted by Crippen LogP contribution is -2.42. The largest absolute Gasteiger partial charge is 0.477 e. The minimum Gasteiger partial charge on any atom is -0.477 e. The first-order valence-electron chi connectivity index (χ1n) is 11.1. The summed E-state index contributed by atoms with van der Waals surface area (Å²) in [6, 6.07) is 8.71. The summed E-state index contributed by atoms with van der Waals surface area (Å²) in [5.41, 5.74) is -2.02. The lowest BCUT2D eigenvalue weighted by atomic mass is 9.97. The summed E-state index contributed by atoms with van der Waals surface area (Å²) in [5, 5.41) is 9.31. The molecule has 1 saturated carbocycles. The van der Waals surface area contributed by atoms with Gasteiger partial charge in [-0.2, -0.15) is 0 Å². The van der Waals surface area contributed by atoms with Crippen LogP contribution >= 0.6 is 11.6 Å². The minimum atomic E-state index is -3.27. The first kappa shape index (κ1) is 23.9. The highest BCUT2D eigenvalue weighted by Crippen LogP contribution is 2.57. The van der Waals surface area contributed by atoms with Gasteiger partial charge in [0.05, 0.1) is 22.7 Å². The molecule has 1 fully saturated rings. The van der Waals surface area contributed by atoms with Gasteiger partial charge in [-0.25, -0.2) is 18.4 Å². The average Bonchev–Trinajstić information content (AvgIpc) is 3.59. The maximum Gasteiger partial charge on any atom is 0.342 e. The number of hydrogen-bond donors (Lipinski definition) is 1. The number of amides is 1. The highest BCUT2D eigenvalue weighted by Gasteiger charge is 2.58. The summed E-state index contributed by atoms with van der Waals surface area (Å²) >= 11 is 6.18. The van der Waals surface area contributed by atoms with E-state index in [2.05, 4.69) is 0 Å². The molecular formula is C25H20ClF2N3O5. The van der Waals surface area contributed by atoms with Gasteiger partial charge in [-0.1, -0.05) is 29.8 Å². The predicted molar refractivity (Wildman–Crippen MR) is 128 cm³/mol. The van der Waals surface area contributed by atoms with Crippen molar-refractivity contribution >= 4 is 29.2 Å². The Morgan fingerprint density at radius 1 is 1.17 bits per heavy atom. The Morgan fingerprint density at radius 2 is 1.86 bits per heavy atom. The van der Waals surface area contributed by atoms with Gasteiger partial charge in [0.25, 0.3) is 11.5 Å². The maximum atomic E-state index is 14.0. The van der Waals surface area contributed by atoms with Crippen LogP contribution in [0.25, 0.3) is 5.69 Å². The van der Waals surface area contributed by atoms with Crippen LogP contribution in [0.5, 0.6) is 0 Å². The van der Waals surface area contributed by atoms with E-state index < -0.39 is 46.2 Å². The number of carbonyl (C=O) groups is 2. The molecule has 5 rings (SSSR count). The van der Waals surface area contributed by atoms with Gasteiger partial charge in [0.15, 0.2) is 0 Å². The fraction of sp³-hybridized carbons (Fsp3) is 0.280. The van der Waals surface area contributed by atoms with E-state index in [0.29, 0.717) is 30.0 Å². The number of aromatic carboxylic acids is 1. The highest BCUT2D eigenvalue weighted by atomic mass is 35.5. The number of anilines is 1. The van der Waals surface area contributed by atoms with Crippen LogP contribution < -0.4 is 16.1 Å². The molecule has 36 heavy (non-hydrogen) atoms. The van der Waals surface area contributed by atoms with Gasteiger partial charge in [-0.15, -0.1) is 0 Å².